The van der Waals surface area contributed by atoms with E-state index in [2.05, 4.69) is 29.8 Å². The molecule has 0 spiro atoms. The van der Waals surface area contributed by atoms with Gasteiger partial charge in [-0.15, -0.1) is 0 Å². The molecule has 0 fully saturated rings. The van der Waals surface area contributed by atoms with Gasteiger partial charge in [-0.2, -0.15) is 0 Å². The molecule has 1 aromatic heterocycles. The number of methoxy groups -OCH3 is 1. The summed E-state index contributed by atoms with van der Waals surface area (Å²) < 4.78 is 5.25. The Kier molecular flexibility index (Phi) is 5.53. The van der Waals surface area contributed by atoms with Crippen molar-refractivity contribution >= 4 is 18.2 Å². The molecule has 0 aliphatic heterocycles. The highest BCUT2D eigenvalue weighted by Crippen LogP contribution is 2.20. The number of nitrogens with zero attached hydrogens (tertiary/aromatic N) is 1. The second kappa shape index (κ2) is 7.85. The van der Waals surface area contributed by atoms with Gasteiger partial charge in [0, 0.05) is 6.20 Å². The second-order valence-corrected chi connectivity index (χ2v) is 4.49. The minimum Gasteiger partial charge on any atom is -0.497 e. The summed E-state index contributed by atoms with van der Waals surface area (Å²) in [7, 11) is 1.67. The third-order valence-corrected chi connectivity index (χ3v) is 3.06. The molecular weight excluding hydrogens is 258 g/mol. The molecule has 0 saturated heterocycles. The van der Waals surface area contributed by atoms with Crippen LogP contribution in [0.3, 0.4) is 0 Å². The first-order valence-electron chi connectivity index (χ1n) is 6.88. The number of aromatic nitrogens is 1. The molecule has 0 N–H and O–H groups in total. The quantitative estimate of drug-likeness (QED) is 0.753. The number of pyridine rings is 1. The van der Waals surface area contributed by atoms with Gasteiger partial charge < -0.3 is 4.74 Å². The number of allylic oxidation sites excluding steroid dienone is 2. The van der Waals surface area contributed by atoms with Crippen molar-refractivity contribution in [2.75, 3.05) is 7.11 Å². The zero-order valence-corrected chi connectivity index (χ0v) is 12.2. The minimum absolute atomic E-state index is 0.851. The Hall–Kier alpha value is -2.61. The largest absolute Gasteiger partial charge is 0.497 e. The zero-order chi connectivity index (χ0) is 14.9. The predicted octanol–water partition coefficient (Wildman–Crippen LogP) is 4.85. The van der Waals surface area contributed by atoms with Gasteiger partial charge in [0.05, 0.1) is 12.8 Å². The van der Waals surface area contributed by atoms with Crippen LogP contribution in [0.25, 0.3) is 18.2 Å². The summed E-state index contributed by atoms with van der Waals surface area (Å²) >= 11 is 0. The number of hydrogen-bond donors (Lipinski definition) is 0. The topological polar surface area (TPSA) is 22.1 Å². The van der Waals surface area contributed by atoms with Crippen LogP contribution < -0.4 is 4.74 Å². The van der Waals surface area contributed by atoms with E-state index in [9.17, 15) is 0 Å². The Bertz CT molecular complexity index is 642. The van der Waals surface area contributed by atoms with Gasteiger partial charge in [0.1, 0.15) is 5.75 Å². The first kappa shape index (κ1) is 14.8. The molecule has 2 aromatic rings. The van der Waals surface area contributed by atoms with Gasteiger partial charge in [-0.25, -0.2) is 0 Å². The van der Waals surface area contributed by atoms with Gasteiger partial charge in [-0.05, 0) is 47.9 Å². The zero-order valence-electron chi connectivity index (χ0n) is 12.2. The number of hydrogen-bond acceptors (Lipinski definition) is 2. The van der Waals surface area contributed by atoms with E-state index in [0.29, 0.717) is 0 Å². The molecule has 0 bridgehead atoms. The van der Waals surface area contributed by atoms with Crippen molar-refractivity contribution in [1.82, 2.24) is 4.98 Å². The first-order chi connectivity index (χ1) is 10.3. The van der Waals surface area contributed by atoms with Crippen LogP contribution in [0.15, 0.2) is 61.3 Å². The lowest BCUT2D eigenvalue weighted by Gasteiger charge is -2.04. The third-order valence-electron chi connectivity index (χ3n) is 3.06. The Labute approximate surface area is 126 Å². The fourth-order valence-electron chi connectivity index (χ4n) is 1.95. The van der Waals surface area contributed by atoms with Crippen LogP contribution in [-0.4, -0.2) is 12.1 Å². The summed E-state index contributed by atoms with van der Waals surface area (Å²) in [5, 5.41) is 0. The lowest BCUT2D eigenvalue weighted by molar-refractivity contribution is 0.414. The molecule has 0 unspecified atom stereocenters. The van der Waals surface area contributed by atoms with Crippen molar-refractivity contribution in [3.8, 4) is 5.75 Å². The maximum absolute atomic E-state index is 5.25. The van der Waals surface area contributed by atoms with Crippen molar-refractivity contribution in [3.05, 3.63) is 78.1 Å². The van der Waals surface area contributed by atoms with Gasteiger partial charge in [0.2, 0.25) is 0 Å². The molecule has 0 atom stereocenters. The standard InChI is InChI=1S/C19H19NO/c1-3-16-12-13-19(21-2)15-17(16)9-5-4-6-10-18-11-7-8-14-20-18/h3,5-15H,1,4H2,2H3/b9-5-,10-6+. The highest BCUT2D eigenvalue weighted by atomic mass is 16.5. The fourth-order valence-corrected chi connectivity index (χ4v) is 1.95. The Morgan fingerprint density at radius 1 is 1.10 bits per heavy atom. The molecule has 2 heteroatoms. The molecule has 1 heterocycles. The van der Waals surface area contributed by atoms with Crippen LogP contribution in [0.2, 0.25) is 0 Å². The second-order valence-electron chi connectivity index (χ2n) is 4.49. The molecule has 0 amide bonds. The number of ether oxygens (including phenoxy) is 1. The van der Waals surface area contributed by atoms with E-state index in [-0.39, 0.29) is 0 Å². The van der Waals surface area contributed by atoms with Crippen LogP contribution in [0.5, 0.6) is 5.75 Å². The molecule has 1 aromatic carbocycles. The Balaban J connectivity index is 2.01. The van der Waals surface area contributed by atoms with Gasteiger partial charge in [-0.3, -0.25) is 4.98 Å². The summed E-state index contributed by atoms with van der Waals surface area (Å²) in [6.07, 6.45) is 12.8. The Morgan fingerprint density at radius 2 is 1.95 bits per heavy atom. The average Bonchev–Trinajstić information content (AvgIpc) is 2.55. The van der Waals surface area contributed by atoms with Gasteiger partial charge in [-0.1, -0.05) is 43.0 Å². The van der Waals surface area contributed by atoms with Gasteiger partial charge in [0.25, 0.3) is 0 Å². The first-order valence-corrected chi connectivity index (χ1v) is 6.88. The van der Waals surface area contributed by atoms with Crippen molar-refractivity contribution in [3.63, 3.8) is 0 Å². The number of rotatable bonds is 6. The van der Waals surface area contributed by atoms with E-state index in [1.807, 2.05) is 48.6 Å². The average molecular weight is 277 g/mol. The molecule has 2 rings (SSSR count). The Morgan fingerprint density at radius 3 is 2.67 bits per heavy atom. The van der Waals surface area contributed by atoms with E-state index >= 15 is 0 Å². The molecule has 2 nitrogen and oxygen atoms in total. The summed E-state index contributed by atoms with van der Waals surface area (Å²) in [6, 6.07) is 11.8. The normalized spacial score (nSPS) is 11.1. The lowest BCUT2D eigenvalue weighted by atomic mass is 10.1. The monoisotopic (exact) mass is 277 g/mol. The summed E-state index contributed by atoms with van der Waals surface area (Å²) in [6.45, 7) is 3.83. The van der Waals surface area contributed by atoms with Crippen LogP contribution in [0.1, 0.15) is 23.2 Å². The predicted molar refractivity (Wildman–Crippen MR) is 90.0 cm³/mol. The van der Waals surface area contributed by atoms with Gasteiger partial charge >= 0.3 is 0 Å². The maximum Gasteiger partial charge on any atom is 0.119 e. The van der Waals surface area contributed by atoms with Gasteiger partial charge in [0.15, 0.2) is 0 Å². The van der Waals surface area contributed by atoms with E-state index in [1.54, 1.807) is 13.3 Å². The smallest absolute Gasteiger partial charge is 0.119 e. The molecular formula is C19H19NO. The van der Waals surface area contributed by atoms with Crippen molar-refractivity contribution in [2.24, 2.45) is 0 Å². The van der Waals surface area contributed by atoms with E-state index < -0.39 is 0 Å². The van der Waals surface area contributed by atoms with Crippen molar-refractivity contribution in [1.29, 1.82) is 0 Å². The van der Waals surface area contributed by atoms with Crippen LogP contribution in [-0.2, 0) is 0 Å². The molecule has 0 aliphatic rings. The maximum atomic E-state index is 5.25. The SMILES string of the molecule is C=Cc1ccc(OC)cc1/C=C\C/C=C/c1ccccn1. The highest BCUT2D eigenvalue weighted by Gasteiger charge is 1.98. The molecule has 0 saturated carbocycles. The summed E-state index contributed by atoms with van der Waals surface area (Å²) in [4.78, 5) is 4.24. The van der Waals surface area contributed by atoms with Crippen LogP contribution >= 0.6 is 0 Å². The van der Waals surface area contributed by atoms with Crippen molar-refractivity contribution in [2.45, 2.75) is 6.42 Å². The number of benzene rings is 1. The summed E-state index contributed by atoms with van der Waals surface area (Å²) in [5.41, 5.74) is 3.18. The fraction of sp³-hybridized carbons (Fsp3) is 0.105. The van der Waals surface area contributed by atoms with E-state index in [4.69, 9.17) is 4.74 Å². The highest BCUT2D eigenvalue weighted by molar-refractivity contribution is 5.66. The minimum atomic E-state index is 0.851. The molecule has 0 aliphatic carbocycles. The van der Waals surface area contributed by atoms with Crippen LogP contribution in [0.4, 0.5) is 0 Å². The molecule has 0 radical (unpaired) electrons. The third kappa shape index (κ3) is 4.46. The van der Waals surface area contributed by atoms with E-state index in [1.165, 1.54) is 0 Å². The molecule has 106 valence electrons. The summed E-state index contributed by atoms with van der Waals surface area (Å²) in [5.74, 6) is 0.851. The lowest BCUT2D eigenvalue weighted by Crippen LogP contribution is -1.86. The van der Waals surface area contributed by atoms with Crippen LogP contribution in [0, 0.1) is 0 Å². The van der Waals surface area contributed by atoms with Crippen molar-refractivity contribution < 1.29 is 4.74 Å². The molecule has 21 heavy (non-hydrogen) atoms. The van der Waals surface area contributed by atoms with E-state index in [0.717, 1.165) is 29.0 Å².